The van der Waals surface area contributed by atoms with Crippen LogP contribution in [0.4, 0.5) is 0 Å². The lowest BCUT2D eigenvalue weighted by molar-refractivity contribution is -0.136. The summed E-state index contributed by atoms with van der Waals surface area (Å²) < 4.78 is 0. The Hall–Kier alpha value is -1.00. The maximum atomic E-state index is 10.4. The van der Waals surface area contributed by atoms with Crippen molar-refractivity contribution in [2.24, 2.45) is 5.73 Å². The number of aliphatic carboxylic acids is 1. The Kier molecular flexibility index (Phi) is 5.21. The Morgan fingerprint density at radius 1 is 1.27 bits per heavy atom. The van der Waals surface area contributed by atoms with Crippen LogP contribution in [0.15, 0.2) is 24.3 Å². The van der Waals surface area contributed by atoms with Crippen molar-refractivity contribution < 1.29 is 9.90 Å². The van der Waals surface area contributed by atoms with Gasteiger partial charge >= 0.3 is 5.97 Å². The molecule has 0 saturated carbocycles. The van der Waals surface area contributed by atoms with E-state index >= 15 is 0 Å². The molecule has 3 N–H and O–H groups in total. The lowest BCUT2D eigenvalue weighted by Crippen LogP contribution is -2.01. The van der Waals surface area contributed by atoms with E-state index in [2.05, 4.69) is 0 Å². The first kappa shape index (κ1) is 12.1. The summed E-state index contributed by atoms with van der Waals surface area (Å²) >= 11 is 1.78. The van der Waals surface area contributed by atoms with E-state index in [0.29, 0.717) is 6.54 Å². The van der Waals surface area contributed by atoms with Crippen molar-refractivity contribution in [3.05, 3.63) is 35.4 Å². The van der Waals surface area contributed by atoms with E-state index in [1.54, 1.807) is 11.8 Å². The van der Waals surface area contributed by atoms with E-state index in [4.69, 9.17) is 10.8 Å². The number of carboxylic acids is 1. The zero-order chi connectivity index (χ0) is 11.1. The van der Waals surface area contributed by atoms with Crippen LogP contribution < -0.4 is 5.73 Å². The number of carbonyl (C=O) groups is 1. The van der Waals surface area contributed by atoms with Crippen LogP contribution in [0.25, 0.3) is 0 Å². The van der Waals surface area contributed by atoms with Gasteiger partial charge in [0, 0.05) is 18.1 Å². The Balaban J connectivity index is 2.45. The smallest absolute Gasteiger partial charge is 0.307 e. The van der Waals surface area contributed by atoms with Crippen molar-refractivity contribution in [3.63, 3.8) is 0 Å². The molecule has 0 fully saturated rings. The molecule has 0 bridgehead atoms. The molecule has 0 saturated heterocycles. The Bertz CT molecular complexity index is 311. The zero-order valence-corrected chi connectivity index (χ0v) is 9.30. The molecule has 82 valence electrons. The minimum atomic E-state index is -0.791. The molecule has 1 aromatic rings. The van der Waals surface area contributed by atoms with Gasteiger partial charge in [-0.25, -0.2) is 0 Å². The zero-order valence-electron chi connectivity index (χ0n) is 8.48. The lowest BCUT2D eigenvalue weighted by Gasteiger charge is -2.02. The normalized spacial score (nSPS) is 10.2. The molecule has 0 spiro atoms. The molecule has 3 nitrogen and oxygen atoms in total. The molecule has 0 atom stereocenters. The minimum Gasteiger partial charge on any atom is -0.481 e. The summed E-state index contributed by atoms with van der Waals surface area (Å²) in [4.78, 5) is 10.4. The second kappa shape index (κ2) is 6.48. The van der Waals surface area contributed by atoms with E-state index < -0.39 is 5.97 Å². The van der Waals surface area contributed by atoms with Gasteiger partial charge < -0.3 is 10.8 Å². The van der Waals surface area contributed by atoms with Gasteiger partial charge in [0.1, 0.15) is 0 Å². The maximum Gasteiger partial charge on any atom is 0.307 e. The maximum absolute atomic E-state index is 10.4. The van der Waals surface area contributed by atoms with Crippen molar-refractivity contribution in [2.45, 2.75) is 12.2 Å². The van der Waals surface area contributed by atoms with Gasteiger partial charge in [-0.3, -0.25) is 4.79 Å². The molecular weight excluding hydrogens is 210 g/mol. The quantitative estimate of drug-likeness (QED) is 0.720. The van der Waals surface area contributed by atoms with Crippen LogP contribution in [0, 0.1) is 0 Å². The number of hydrogen-bond donors (Lipinski definition) is 2. The summed E-state index contributed by atoms with van der Waals surface area (Å²) in [5, 5.41) is 8.59. The molecule has 0 amide bonds. The second-order valence-electron chi connectivity index (χ2n) is 3.23. The van der Waals surface area contributed by atoms with Gasteiger partial charge in [-0.2, -0.15) is 11.8 Å². The molecule has 0 aliphatic carbocycles. The average Bonchev–Trinajstić information content (AvgIpc) is 2.20. The summed E-state index contributed by atoms with van der Waals surface area (Å²) in [6.07, 6.45) is 0.0935. The van der Waals surface area contributed by atoms with Gasteiger partial charge in [0.05, 0.1) is 6.42 Å². The molecule has 0 radical (unpaired) electrons. The fourth-order valence-electron chi connectivity index (χ4n) is 1.20. The molecule has 1 aromatic carbocycles. The molecule has 15 heavy (non-hydrogen) atoms. The Morgan fingerprint density at radius 2 is 1.87 bits per heavy atom. The van der Waals surface area contributed by atoms with Crippen molar-refractivity contribution >= 4 is 17.7 Å². The SMILES string of the molecule is NCCSCc1ccc(CC(=O)O)cc1. The monoisotopic (exact) mass is 225 g/mol. The first-order valence-corrected chi connectivity index (χ1v) is 5.95. The molecule has 0 aliphatic rings. The highest BCUT2D eigenvalue weighted by Crippen LogP contribution is 2.12. The lowest BCUT2D eigenvalue weighted by atomic mass is 10.1. The van der Waals surface area contributed by atoms with Crippen LogP contribution in [0.1, 0.15) is 11.1 Å². The van der Waals surface area contributed by atoms with E-state index in [1.165, 1.54) is 5.56 Å². The first-order valence-electron chi connectivity index (χ1n) is 4.80. The third kappa shape index (κ3) is 4.85. The summed E-state index contributed by atoms with van der Waals surface area (Å²) in [5.41, 5.74) is 7.44. The van der Waals surface area contributed by atoms with Gasteiger partial charge in [0.2, 0.25) is 0 Å². The highest BCUT2D eigenvalue weighted by Gasteiger charge is 2.00. The number of carboxylic acid groups (broad SMARTS) is 1. The van der Waals surface area contributed by atoms with Crippen molar-refractivity contribution in [2.75, 3.05) is 12.3 Å². The van der Waals surface area contributed by atoms with E-state index in [0.717, 1.165) is 17.1 Å². The standard InChI is InChI=1S/C11H15NO2S/c12-5-6-15-8-10-3-1-9(2-4-10)7-11(13)14/h1-4H,5-8,12H2,(H,13,14). The number of benzene rings is 1. The fourth-order valence-corrected chi connectivity index (χ4v) is 1.94. The molecule has 0 aliphatic heterocycles. The van der Waals surface area contributed by atoms with Gasteiger partial charge in [-0.15, -0.1) is 0 Å². The summed E-state index contributed by atoms with van der Waals surface area (Å²) in [6, 6.07) is 7.68. The Labute approximate surface area is 93.7 Å². The average molecular weight is 225 g/mol. The highest BCUT2D eigenvalue weighted by atomic mass is 32.2. The van der Waals surface area contributed by atoms with Crippen LogP contribution in [0.2, 0.25) is 0 Å². The number of thioether (sulfide) groups is 1. The summed E-state index contributed by atoms with van der Waals surface area (Å²) in [6.45, 7) is 0.696. The van der Waals surface area contributed by atoms with Gasteiger partial charge in [0.15, 0.2) is 0 Å². The van der Waals surface area contributed by atoms with Crippen LogP contribution in [-0.2, 0) is 17.0 Å². The molecule has 1 rings (SSSR count). The summed E-state index contributed by atoms with van der Waals surface area (Å²) in [7, 11) is 0. The molecule has 0 unspecified atom stereocenters. The topological polar surface area (TPSA) is 63.3 Å². The highest BCUT2D eigenvalue weighted by molar-refractivity contribution is 7.98. The van der Waals surface area contributed by atoms with Crippen LogP contribution in [-0.4, -0.2) is 23.4 Å². The predicted molar refractivity (Wildman–Crippen MR) is 63.0 cm³/mol. The van der Waals surface area contributed by atoms with Crippen molar-refractivity contribution in [1.82, 2.24) is 0 Å². The van der Waals surface area contributed by atoms with Crippen molar-refractivity contribution in [1.29, 1.82) is 0 Å². The molecular formula is C11H15NO2S. The van der Waals surface area contributed by atoms with Crippen LogP contribution in [0.3, 0.4) is 0 Å². The second-order valence-corrected chi connectivity index (χ2v) is 4.33. The van der Waals surface area contributed by atoms with E-state index in [9.17, 15) is 4.79 Å². The predicted octanol–water partition coefficient (Wildman–Crippen LogP) is 1.51. The van der Waals surface area contributed by atoms with Gasteiger partial charge in [0.25, 0.3) is 0 Å². The number of hydrogen-bond acceptors (Lipinski definition) is 3. The Morgan fingerprint density at radius 3 is 2.40 bits per heavy atom. The molecule has 0 aromatic heterocycles. The minimum absolute atomic E-state index is 0.0935. The molecule has 0 heterocycles. The number of nitrogens with two attached hydrogens (primary N) is 1. The number of rotatable bonds is 6. The third-order valence-electron chi connectivity index (χ3n) is 1.91. The van der Waals surface area contributed by atoms with Crippen LogP contribution >= 0.6 is 11.8 Å². The fraction of sp³-hybridized carbons (Fsp3) is 0.364. The largest absolute Gasteiger partial charge is 0.481 e. The van der Waals surface area contributed by atoms with Crippen molar-refractivity contribution in [3.8, 4) is 0 Å². The van der Waals surface area contributed by atoms with Gasteiger partial charge in [-0.1, -0.05) is 24.3 Å². The van der Waals surface area contributed by atoms with Crippen LogP contribution in [0.5, 0.6) is 0 Å². The van der Waals surface area contributed by atoms with Gasteiger partial charge in [-0.05, 0) is 11.1 Å². The third-order valence-corrected chi connectivity index (χ3v) is 2.97. The first-order chi connectivity index (χ1) is 7.22. The summed E-state index contributed by atoms with van der Waals surface area (Å²) in [5.74, 6) is 1.10. The molecule has 4 heteroatoms. The van der Waals surface area contributed by atoms with E-state index in [1.807, 2.05) is 24.3 Å². The van der Waals surface area contributed by atoms with E-state index in [-0.39, 0.29) is 6.42 Å².